The molecule has 37 heavy (non-hydrogen) atoms. The average molecular weight is 512 g/mol. The third-order valence-electron chi connectivity index (χ3n) is 6.01. The Kier molecular flexibility index (Phi) is 7.42. The molecule has 0 saturated carbocycles. The van der Waals surface area contributed by atoms with E-state index in [0.717, 1.165) is 11.6 Å². The maximum absolute atomic E-state index is 14.0. The molecule has 4 rings (SSSR count). The van der Waals surface area contributed by atoms with Crippen molar-refractivity contribution in [1.82, 2.24) is 15.5 Å². The van der Waals surface area contributed by atoms with Gasteiger partial charge in [-0.3, -0.25) is 10.1 Å². The molecule has 0 radical (unpaired) electrons. The van der Waals surface area contributed by atoms with Crippen molar-refractivity contribution >= 4 is 5.97 Å². The Hall–Kier alpha value is -4.02. The maximum atomic E-state index is 14.0. The molecular formula is C27H24F3N3O4. The van der Waals surface area contributed by atoms with Gasteiger partial charge in [-0.25, -0.2) is 0 Å². The molecule has 7 nitrogen and oxygen atoms in total. The molecule has 0 fully saturated rings. The molecule has 0 aliphatic rings. The summed E-state index contributed by atoms with van der Waals surface area (Å²) < 4.78 is 47.2. The van der Waals surface area contributed by atoms with Gasteiger partial charge in [0, 0.05) is 11.1 Å². The van der Waals surface area contributed by atoms with Crippen molar-refractivity contribution in [3.63, 3.8) is 0 Å². The Morgan fingerprint density at radius 1 is 1.03 bits per heavy atom. The molecule has 10 heteroatoms. The highest BCUT2D eigenvalue weighted by molar-refractivity contribution is 5.75. The number of hydrogen-bond acceptors (Lipinski definition) is 6. The normalized spacial score (nSPS) is 13.4. The zero-order valence-electron chi connectivity index (χ0n) is 20.0. The summed E-state index contributed by atoms with van der Waals surface area (Å²) in [5.74, 6) is -0.938. The van der Waals surface area contributed by atoms with Gasteiger partial charge in [-0.1, -0.05) is 59.8 Å². The van der Waals surface area contributed by atoms with Crippen molar-refractivity contribution in [1.29, 1.82) is 0 Å². The van der Waals surface area contributed by atoms with Crippen LogP contribution in [-0.4, -0.2) is 39.0 Å². The number of nitrogens with one attached hydrogen (secondary N) is 1. The Morgan fingerprint density at radius 2 is 1.70 bits per heavy atom. The minimum absolute atomic E-state index is 0.0638. The van der Waals surface area contributed by atoms with Crippen LogP contribution < -0.4 is 5.32 Å². The third kappa shape index (κ3) is 5.71. The topological polar surface area (TPSA) is 108 Å². The molecule has 3 aromatic carbocycles. The van der Waals surface area contributed by atoms with E-state index < -0.39 is 29.8 Å². The van der Waals surface area contributed by atoms with Crippen LogP contribution >= 0.6 is 0 Å². The van der Waals surface area contributed by atoms with E-state index in [0.29, 0.717) is 16.7 Å². The predicted molar refractivity (Wildman–Crippen MR) is 130 cm³/mol. The number of aliphatic carboxylic acids is 1. The summed E-state index contributed by atoms with van der Waals surface area (Å²) >= 11 is 0. The first-order valence-electron chi connectivity index (χ1n) is 11.4. The molecule has 1 heterocycles. The molecule has 1 aromatic heterocycles. The number of aryl methyl sites for hydroxylation is 1. The molecule has 0 saturated heterocycles. The van der Waals surface area contributed by atoms with Crippen LogP contribution in [0, 0.1) is 6.92 Å². The molecule has 2 atom stereocenters. The molecule has 2 unspecified atom stereocenters. The smallest absolute Gasteiger partial charge is 0.417 e. The molecule has 0 spiro atoms. The number of alkyl halides is 3. The second kappa shape index (κ2) is 10.5. The lowest BCUT2D eigenvalue weighted by Gasteiger charge is -2.19. The monoisotopic (exact) mass is 511 g/mol. The summed E-state index contributed by atoms with van der Waals surface area (Å²) in [6, 6.07) is 16.0. The molecule has 0 aliphatic carbocycles. The lowest BCUT2D eigenvalue weighted by Crippen LogP contribution is -2.38. The Labute approximate surface area is 210 Å². The molecular weight excluding hydrogens is 487 g/mol. The Balaban J connectivity index is 1.62. The summed E-state index contributed by atoms with van der Waals surface area (Å²) in [5, 5.41) is 25.4. The predicted octanol–water partition coefficient (Wildman–Crippen LogP) is 5.49. The highest BCUT2D eigenvalue weighted by atomic mass is 19.4. The van der Waals surface area contributed by atoms with E-state index in [-0.39, 0.29) is 29.4 Å². The van der Waals surface area contributed by atoms with Gasteiger partial charge in [0.2, 0.25) is 5.82 Å². The summed E-state index contributed by atoms with van der Waals surface area (Å²) in [4.78, 5) is 15.4. The number of aliphatic hydroxyl groups excluding tert-OH is 1. The molecule has 4 aromatic rings. The number of carboxylic acids is 1. The van der Waals surface area contributed by atoms with Crippen LogP contribution in [0.25, 0.3) is 34.0 Å². The SMILES string of the molecule is Cc1ccccc1-c1ccc(-c2nc(-c3ccc(C(CO)NC(C)C(=O)O)cc3)no2)cc1C(F)(F)F. The van der Waals surface area contributed by atoms with Crippen molar-refractivity contribution in [2.24, 2.45) is 0 Å². The fourth-order valence-corrected chi connectivity index (χ4v) is 3.97. The molecule has 0 bridgehead atoms. The van der Waals surface area contributed by atoms with E-state index in [1.807, 2.05) is 0 Å². The maximum Gasteiger partial charge on any atom is 0.417 e. The zero-order chi connectivity index (χ0) is 26.7. The first-order chi connectivity index (χ1) is 17.6. The highest BCUT2D eigenvalue weighted by Crippen LogP contribution is 2.40. The van der Waals surface area contributed by atoms with E-state index in [1.165, 1.54) is 19.1 Å². The zero-order valence-corrected chi connectivity index (χ0v) is 20.0. The van der Waals surface area contributed by atoms with Gasteiger partial charge in [0.05, 0.1) is 18.2 Å². The van der Waals surface area contributed by atoms with Crippen LogP contribution in [-0.2, 0) is 11.0 Å². The number of benzene rings is 3. The van der Waals surface area contributed by atoms with Crippen LogP contribution in [0.4, 0.5) is 13.2 Å². The van der Waals surface area contributed by atoms with Crippen molar-refractivity contribution < 1.29 is 32.7 Å². The van der Waals surface area contributed by atoms with E-state index >= 15 is 0 Å². The fraction of sp³-hybridized carbons (Fsp3) is 0.222. The Morgan fingerprint density at radius 3 is 2.32 bits per heavy atom. The van der Waals surface area contributed by atoms with Crippen LogP contribution in [0.15, 0.2) is 71.3 Å². The summed E-state index contributed by atoms with van der Waals surface area (Å²) in [6.07, 6.45) is -4.60. The van der Waals surface area contributed by atoms with E-state index in [1.54, 1.807) is 55.5 Å². The Bertz CT molecular complexity index is 1400. The second-order valence-corrected chi connectivity index (χ2v) is 8.58. The van der Waals surface area contributed by atoms with Gasteiger partial charge in [0.15, 0.2) is 0 Å². The molecule has 0 amide bonds. The van der Waals surface area contributed by atoms with Gasteiger partial charge < -0.3 is 14.7 Å². The molecule has 3 N–H and O–H groups in total. The lowest BCUT2D eigenvalue weighted by atomic mass is 9.94. The highest BCUT2D eigenvalue weighted by Gasteiger charge is 2.34. The van der Waals surface area contributed by atoms with Gasteiger partial charge >= 0.3 is 12.1 Å². The van der Waals surface area contributed by atoms with Gasteiger partial charge in [0.1, 0.15) is 6.04 Å². The van der Waals surface area contributed by atoms with E-state index in [4.69, 9.17) is 9.63 Å². The second-order valence-electron chi connectivity index (χ2n) is 8.58. The van der Waals surface area contributed by atoms with Crippen molar-refractivity contribution in [3.05, 3.63) is 83.4 Å². The van der Waals surface area contributed by atoms with Gasteiger partial charge in [0.25, 0.3) is 5.89 Å². The number of halogens is 3. The van der Waals surface area contributed by atoms with Crippen LogP contribution in [0.3, 0.4) is 0 Å². The van der Waals surface area contributed by atoms with E-state index in [2.05, 4.69) is 15.5 Å². The van der Waals surface area contributed by atoms with Crippen molar-refractivity contribution in [2.45, 2.75) is 32.1 Å². The van der Waals surface area contributed by atoms with Crippen LogP contribution in [0.5, 0.6) is 0 Å². The summed E-state index contributed by atoms with van der Waals surface area (Å²) in [7, 11) is 0. The summed E-state index contributed by atoms with van der Waals surface area (Å²) in [6.45, 7) is 2.91. The first kappa shape index (κ1) is 26.1. The van der Waals surface area contributed by atoms with E-state index in [9.17, 15) is 23.1 Å². The van der Waals surface area contributed by atoms with Gasteiger partial charge in [-0.2, -0.15) is 18.2 Å². The molecule has 192 valence electrons. The largest absolute Gasteiger partial charge is 0.480 e. The first-order valence-corrected chi connectivity index (χ1v) is 11.4. The fourth-order valence-electron chi connectivity index (χ4n) is 3.97. The minimum atomic E-state index is -4.60. The number of carboxylic acid groups (broad SMARTS) is 1. The number of rotatable bonds is 8. The summed E-state index contributed by atoms with van der Waals surface area (Å²) in [5.41, 5.74) is 1.78. The van der Waals surface area contributed by atoms with Crippen molar-refractivity contribution in [2.75, 3.05) is 6.61 Å². The lowest BCUT2D eigenvalue weighted by molar-refractivity contribution is -0.139. The quantitative estimate of drug-likeness (QED) is 0.287. The standard InChI is InChI=1S/C27H24F3N3O4/c1-15-5-3-4-6-20(15)21-12-11-19(13-22(21)27(28,29)30)25-32-24(33-37-25)18-9-7-17(8-10-18)23(14-34)31-16(2)26(35)36/h3-13,16,23,31,34H,14H2,1-2H3,(H,35,36). The van der Waals surface area contributed by atoms with Crippen LogP contribution in [0.1, 0.15) is 29.7 Å². The molecule has 0 aliphatic heterocycles. The van der Waals surface area contributed by atoms with Crippen molar-refractivity contribution in [3.8, 4) is 34.0 Å². The van der Waals surface area contributed by atoms with Gasteiger partial charge in [-0.15, -0.1) is 0 Å². The van der Waals surface area contributed by atoms with Gasteiger partial charge in [-0.05, 0) is 48.2 Å². The average Bonchev–Trinajstić information content (AvgIpc) is 3.37. The third-order valence-corrected chi connectivity index (χ3v) is 6.01. The number of hydrogen-bond donors (Lipinski definition) is 3. The minimum Gasteiger partial charge on any atom is -0.480 e. The number of carbonyl (C=O) groups is 1. The van der Waals surface area contributed by atoms with Crippen LogP contribution in [0.2, 0.25) is 0 Å². The number of nitrogens with zero attached hydrogens (tertiary/aromatic N) is 2. The number of aromatic nitrogens is 2. The number of aliphatic hydroxyl groups is 1.